The smallest absolute Gasteiger partial charge is 0.187 e. The minimum absolute atomic E-state index is 0.0671. The van der Waals surface area contributed by atoms with Gasteiger partial charge < -0.3 is 10.1 Å². The van der Waals surface area contributed by atoms with Crippen molar-refractivity contribution in [1.29, 1.82) is 0 Å². The van der Waals surface area contributed by atoms with Gasteiger partial charge in [-0.05, 0) is 42.4 Å². The van der Waals surface area contributed by atoms with Crippen LogP contribution in [0.2, 0.25) is 0 Å². The summed E-state index contributed by atoms with van der Waals surface area (Å²) < 4.78 is 18.5. The number of hydrogen-bond donors (Lipinski definition) is 2. The van der Waals surface area contributed by atoms with Gasteiger partial charge in [0.05, 0.1) is 25.0 Å². The van der Waals surface area contributed by atoms with Crippen LogP contribution in [0.1, 0.15) is 24.1 Å². The van der Waals surface area contributed by atoms with Crippen molar-refractivity contribution in [3.05, 3.63) is 71.5 Å². The van der Waals surface area contributed by atoms with Gasteiger partial charge in [-0.15, -0.1) is 0 Å². The van der Waals surface area contributed by atoms with Gasteiger partial charge in [0.25, 0.3) is 0 Å². The van der Waals surface area contributed by atoms with E-state index in [0.29, 0.717) is 11.7 Å². The van der Waals surface area contributed by atoms with Gasteiger partial charge in [0.15, 0.2) is 5.11 Å². The summed E-state index contributed by atoms with van der Waals surface area (Å²) in [6.07, 6.45) is 0. The zero-order valence-corrected chi connectivity index (χ0v) is 16.7. The van der Waals surface area contributed by atoms with Gasteiger partial charge in [-0.2, -0.15) is 5.10 Å². The van der Waals surface area contributed by atoms with E-state index in [-0.39, 0.29) is 11.9 Å². The van der Waals surface area contributed by atoms with Gasteiger partial charge >= 0.3 is 0 Å². The molecule has 28 heavy (non-hydrogen) atoms. The summed E-state index contributed by atoms with van der Waals surface area (Å²) in [7, 11) is 0. The van der Waals surface area contributed by atoms with E-state index in [1.165, 1.54) is 17.7 Å². The van der Waals surface area contributed by atoms with Crippen molar-refractivity contribution in [3.63, 3.8) is 0 Å². The van der Waals surface area contributed by atoms with Gasteiger partial charge in [0.2, 0.25) is 0 Å². The first-order valence-electron chi connectivity index (χ1n) is 9.32. The molecule has 0 aromatic heterocycles. The normalized spacial score (nSPS) is 16.4. The Bertz CT molecular complexity index is 792. The molecule has 3 rings (SSSR count). The van der Waals surface area contributed by atoms with E-state index < -0.39 is 0 Å². The lowest BCUT2D eigenvalue weighted by molar-refractivity contribution is 0.0285. The molecule has 0 radical (unpaired) electrons. The molecule has 1 heterocycles. The zero-order chi connectivity index (χ0) is 19.8. The largest absolute Gasteiger partial charge is 0.379 e. The van der Waals surface area contributed by atoms with Crippen LogP contribution in [-0.4, -0.2) is 42.0 Å². The predicted molar refractivity (Wildman–Crippen MR) is 114 cm³/mol. The number of thiocarbonyl (C=S) groups is 1. The van der Waals surface area contributed by atoms with E-state index in [0.717, 1.165) is 37.6 Å². The quantitative estimate of drug-likeness (QED) is 0.443. The lowest BCUT2D eigenvalue weighted by Gasteiger charge is -2.34. The molecule has 0 spiro atoms. The third-order valence-electron chi connectivity index (χ3n) is 4.62. The molecule has 7 heteroatoms. The van der Waals surface area contributed by atoms with Crippen molar-refractivity contribution in [2.45, 2.75) is 19.5 Å². The van der Waals surface area contributed by atoms with Crippen LogP contribution in [0, 0.1) is 5.82 Å². The van der Waals surface area contributed by atoms with Crippen molar-refractivity contribution >= 4 is 23.0 Å². The van der Waals surface area contributed by atoms with E-state index in [4.69, 9.17) is 17.0 Å². The SMILES string of the molecule is C/C(=N/NC(=S)NCc1ccc(F)cc1)[C@@H](c1ccccc1)N1CCOCC1. The van der Waals surface area contributed by atoms with Crippen LogP contribution in [0.3, 0.4) is 0 Å². The molecule has 0 unspecified atom stereocenters. The van der Waals surface area contributed by atoms with Crippen LogP contribution in [0.25, 0.3) is 0 Å². The highest BCUT2D eigenvalue weighted by Crippen LogP contribution is 2.23. The molecule has 0 amide bonds. The summed E-state index contributed by atoms with van der Waals surface area (Å²) in [5, 5.41) is 8.04. The molecule has 2 N–H and O–H groups in total. The number of benzene rings is 2. The maximum atomic E-state index is 13.0. The van der Waals surface area contributed by atoms with Crippen LogP contribution in [0.4, 0.5) is 4.39 Å². The molecule has 2 aromatic rings. The molecule has 1 aliphatic rings. The number of hydrogen-bond acceptors (Lipinski definition) is 4. The second-order valence-electron chi connectivity index (χ2n) is 6.64. The summed E-state index contributed by atoms with van der Waals surface area (Å²) in [4.78, 5) is 2.37. The number of nitrogens with zero attached hydrogens (tertiary/aromatic N) is 2. The fraction of sp³-hybridized carbons (Fsp3) is 0.333. The summed E-state index contributed by atoms with van der Waals surface area (Å²) >= 11 is 5.32. The Morgan fingerprint density at radius 2 is 1.82 bits per heavy atom. The minimum atomic E-state index is -0.250. The molecule has 0 aliphatic carbocycles. The Labute approximate surface area is 170 Å². The topological polar surface area (TPSA) is 48.9 Å². The monoisotopic (exact) mass is 400 g/mol. The lowest BCUT2D eigenvalue weighted by Crippen LogP contribution is -2.42. The lowest BCUT2D eigenvalue weighted by atomic mass is 10.0. The maximum absolute atomic E-state index is 13.0. The molecule has 2 aromatic carbocycles. The molecular weight excluding hydrogens is 375 g/mol. The van der Waals surface area contributed by atoms with E-state index in [2.05, 4.69) is 32.9 Å². The number of halogens is 1. The van der Waals surface area contributed by atoms with Crippen molar-refractivity contribution in [3.8, 4) is 0 Å². The van der Waals surface area contributed by atoms with Gasteiger partial charge in [-0.25, -0.2) is 4.39 Å². The van der Waals surface area contributed by atoms with Gasteiger partial charge in [0, 0.05) is 19.6 Å². The molecule has 148 valence electrons. The molecule has 0 bridgehead atoms. The number of rotatable bonds is 6. The third kappa shape index (κ3) is 5.82. The second kappa shape index (κ2) is 10.3. The Hall–Kier alpha value is -2.35. The minimum Gasteiger partial charge on any atom is -0.379 e. The molecule has 5 nitrogen and oxygen atoms in total. The first kappa shape index (κ1) is 20.4. The average Bonchev–Trinajstić information content (AvgIpc) is 2.73. The predicted octanol–water partition coefficient (Wildman–Crippen LogP) is 3.24. The van der Waals surface area contributed by atoms with E-state index in [1.807, 2.05) is 25.1 Å². The standard InChI is InChI=1S/C21H25FN4OS/c1-16(24-25-21(28)23-15-17-7-9-19(22)10-8-17)20(18-5-3-2-4-6-18)26-11-13-27-14-12-26/h2-10,20H,11-15H2,1H3,(H2,23,25,28)/b24-16-/t20-/m0/s1. The number of ether oxygens (including phenoxy) is 1. The summed E-state index contributed by atoms with van der Waals surface area (Å²) in [6.45, 7) is 5.68. The fourth-order valence-electron chi connectivity index (χ4n) is 3.21. The zero-order valence-electron chi connectivity index (χ0n) is 15.9. The van der Waals surface area contributed by atoms with Crippen LogP contribution in [0.15, 0.2) is 59.7 Å². The Kier molecular flexibility index (Phi) is 7.47. The van der Waals surface area contributed by atoms with E-state index in [9.17, 15) is 4.39 Å². The number of morpholine rings is 1. The average molecular weight is 401 g/mol. The Morgan fingerprint density at radius 1 is 1.14 bits per heavy atom. The van der Waals surface area contributed by atoms with E-state index in [1.54, 1.807) is 12.1 Å². The van der Waals surface area contributed by atoms with Gasteiger partial charge in [-0.1, -0.05) is 42.5 Å². The van der Waals surface area contributed by atoms with Crippen LogP contribution in [-0.2, 0) is 11.3 Å². The number of hydrazone groups is 1. The summed E-state index contributed by atoms with van der Waals surface area (Å²) in [5.74, 6) is -0.250. The van der Waals surface area contributed by atoms with Crippen molar-refractivity contribution < 1.29 is 9.13 Å². The summed E-state index contributed by atoms with van der Waals surface area (Å²) in [5.41, 5.74) is 6.00. The third-order valence-corrected chi connectivity index (χ3v) is 4.86. The van der Waals surface area contributed by atoms with Crippen molar-refractivity contribution in [1.82, 2.24) is 15.6 Å². The Balaban J connectivity index is 1.62. The van der Waals surface area contributed by atoms with Crippen LogP contribution < -0.4 is 10.7 Å². The van der Waals surface area contributed by atoms with Crippen LogP contribution in [0.5, 0.6) is 0 Å². The highest BCUT2D eigenvalue weighted by Gasteiger charge is 2.25. The first-order valence-corrected chi connectivity index (χ1v) is 9.73. The maximum Gasteiger partial charge on any atom is 0.187 e. The van der Waals surface area contributed by atoms with Crippen molar-refractivity contribution in [2.24, 2.45) is 5.10 Å². The highest BCUT2D eigenvalue weighted by molar-refractivity contribution is 7.80. The molecule has 1 fully saturated rings. The van der Waals surface area contributed by atoms with Crippen LogP contribution >= 0.6 is 12.2 Å². The van der Waals surface area contributed by atoms with Crippen molar-refractivity contribution in [2.75, 3.05) is 26.3 Å². The molecule has 1 saturated heterocycles. The fourth-order valence-corrected chi connectivity index (χ4v) is 3.33. The Morgan fingerprint density at radius 3 is 2.50 bits per heavy atom. The highest BCUT2D eigenvalue weighted by atomic mass is 32.1. The van der Waals surface area contributed by atoms with Gasteiger partial charge in [0.1, 0.15) is 5.82 Å². The summed E-state index contributed by atoms with van der Waals surface area (Å²) in [6, 6.07) is 16.7. The molecular formula is C21H25FN4OS. The van der Waals surface area contributed by atoms with E-state index >= 15 is 0 Å². The number of nitrogens with one attached hydrogen (secondary N) is 2. The second-order valence-corrected chi connectivity index (χ2v) is 7.04. The van der Waals surface area contributed by atoms with Gasteiger partial charge in [-0.3, -0.25) is 10.3 Å². The molecule has 0 saturated carbocycles. The molecule has 1 aliphatic heterocycles. The molecule has 1 atom stereocenters. The first-order chi connectivity index (χ1) is 13.6.